The van der Waals surface area contributed by atoms with E-state index in [-0.39, 0.29) is 18.0 Å². The van der Waals surface area contributed by atoms with Crippen molar-refractivity contribution < 1.29 is 13.0 Å². The molecule has 0 saturated carbocycles. The molecule has 1 heterocycles. The second-order valence-electron chi connectivity index (χ2n) is 1.97. The molecule has 0 amide bonds. The van der Waals surface area contributed by atoms with Crippen LogP contribution in [0.5, 0.6) is 0 Å². The fourth-order valence-electron chi connectivity index (χ4n) is 0.620. The molecule has 0 radical (unpaired) electrons. The average molecular weight is 221 g/mol. The molecular formula is C6H5ClN2O3S. The average Bonchev–Trinajstić information content (AvgIpc) is 2.03. The summed E-state index contributed by atoms with van der Waals surface area (Å²) in [5.41, 5.74) is 0.137. The van der Waals surface area contributed by atoms with Crippen molar-refractivity contribution in [1.29, 1.82) is 5.26 Å². The second-order valence-corrected chi connectivity index (χ2v) is 3.34. The Balaban J connectivity index is 0.00000144. The second kappa shape index (κ2) is 4.18. The van der Waals surface area contributed by atoms with Gasteiger partial charge in [0.05, 0.1) is 11.6 Å². The smallest absolute Gasteiger partial charge is 0.281 e. The van der Waals surface area contributed by atoms with Crippen LogP contribution >= 0.6 is 12.4 Å². The largest absolute Gasteiger partial charge is 0.312 e. The summed E-state index contributed by atoms with van der Waals surface area (Å²) >= 11 is 0. The van der Waals surface area contributed by atoms with Gasteiger partial charge in [-0.3, -0.25) is 4.55 Å². The SMILES string of the molecule is Cl.N#Cc1ccnc(S(=O)(=O)O)c1. The Morgan fingerprint density at radius 1 is 1.54 bits per heavy atom. The van der Waals surface area contributed by atoms with E-state index in [1.807, 2.05) is 0 Å². The number of pyridine rings is 1. The Labute approximate surface area is 81.2 Å². The summed E-state index contributed by atoms with van der Waals surface area (Å²) in [6, 6.07) is 4.06. The van der Waals surface area contributed by atoms with Gasteiger partial charge in [-0.15, -0.1) is 12.4 Å². The van der Waals surface area contributed by atoms with Crippen LogP contribution in [0.4, 0.5) is 0 Å². The molecule has 0 atom stereocenters. The highest BCUT2D eigenvalue weighted by Gasteiger charge is 2.10. The molecule has 0 unspecified atom stereocenters. The zero-order chi connectivity index (χ0) is 9.19. The highest BCUT2D eigenvalue weighted by Crippen LogP contribution is 2.05. The molecule has 1 aromatic heterocycles. The topological polar surface area (TPSA) is 91.0 Å². The summed E-state index contributed by atoms with van der Waals surface area (Å²) in [6.07, 6.45) is 1.14. The molecule has 0 fully saturated rings. The number of hydrogen-bond donors (Lipinski definition) is 1. The summed E-state index contributed by atoms with van der Waals surface area (Å²) in [7, 11) is -4.30. The quantitative estimate of drug-likeness (QED) is 0.701. The minimum absolute atomic E-state index is 0. The van der Waals surface area contributed by atoms with Crippen molar-refractivity contribution in [3.8, 4) is 6.07 Å². The van der Waals surface area contributed by atoms with E-state index in [1.54, 1.807) is 6.07 Å². The molecule has 0 bridgehead atoms. The highest BCUT2D eigenvalue weighted by atomic mass is 35.5. The molecule has 13 heavy (non-hydrogen) atoms. The number of nitrogens with zero attached hydrogens (tertiary/aromatic N) is 2. The molecule has 70 valence electrons. The zero-order valence-corrected chi connectivity index (χ0v) is 7.84. The molecular weight excluding hydrogens is 216 g/mol. The predicted octanol–water partition coefficient (Wildman–Crippen LogP) is 0.622. The summed E-state index contributed by atoms with van der Waals surface area (Å²) in [6.45, 7) is 0. The summed E-state index contributed by atoms with van der Waals surface area (Å²) in [5, 5.41) is 7.86. The van der Waals surface area contributed by atoms with Crippen LogP contribution in [0.2, 0.25) is 0 Å². The van der Waals surface area contributed by atoms with Crippen LogP contribution in [0.25, 0.3) is 0 Å². The van der Waals surface area contributed by atoms with E-state index >= 15 is 0 Å². The molecule has 0 saturated heterocycles. The first-order valence-electron chi connectivity index (χ1n) is 2.87. The maximum absolute atomic E-state index is 10.5. The van der Waals surface area contributed by atoms with Crippen molar-refractivity contribution in [3.05, 3.63) is 23.9 Å². The van der Waals surface area contributed by atoms with Crippen molar-refractivity contribution in [1.82, 2.24) is 4.98 Å². The van der Waals surface area contributed by atoms with Crippen molar-refractivity contribution in [2.45, 2.75) is 5.03 Å². The first kappa shape index (κ1) is 11.8. The molecule has 0 aliphatic rings. The zero-order valence-electron chi connectivity index (χ0n) is 6.21. The maximum Gasteiger partial charge on any atom is 0.312 e. The number of aromatic nitrogens is 1. The standard InChI is InChI=1S/C6H4N2O3S.ClH/c7-4-5-1-2-8-6(3-5)12(9,10)11;/h1-3H,(H,9,10,11);1H. The van der Waals surface area contributed by atoms with Gasteiger partial charge in [-0.05, 0) is 12.1 Å². The van der Waals surface area contributed by atoms with E-state index in [0.717, 1.165) is 12.3 Å². The Kier molecular flexibility index (Phi) is 3.81. The number of halogens is 1. The van der Waals surface area contributed by atoms with E-state index in [4.69, 9.17) is 9.81 Å². The summed E-state index contributed by atoms with van der Waals surface area (Å²) in [4.78, 5) is 3.37. The lowest BCUT2D eigenvalue weighted by Gasteiger charge is -1.93. The van der Waals surface area contributed by atoms with Crippen LogP contribution in [0.3, 0.4) is 0 Å². The fraction of sp³-hybridized carbons (Fsp3) is 0. The van der Waals surface area contributed by atoms with Gasteiger partial charge in [-0.1, -0.05) is 0 Å². The molecule has 0 spiro atoms. The van der Waals surface area contributed by atoms with E-state index in [1.165, 1.54) is 6.07 Å². The Morgan fingerprint density at radius 2 is 2.15 bits per heavy atom. The van der Waals surface area contributed by atoms with Gasteiger partial charge in [0, 0.05) is 6.20 Å². The van der Waals surface area contributed by atoms with Gasteiger partial charge in [0.15, 0.2) is 5.03 Å². The molecule has 0 aliphatic heterocycles. The molecule has 1 rings (SSSR count). The van der Waals surface area contributed by atoms with Gasteiger partial charge < -0.3 is 0 Å². The lowest BCUT2D eigenvalue weighted by atomic mass is 10.3. The van der Waals surface area contributed by atoms with Crippen LogP contribution in [0, 0.1) is 11.3 Å². The Morgan fingerprint density at radius 3 is 2.62 bits per heavy atom. The van der Waals surface area contributed by atoms with Gasteiger partial charge in [0.1, 0.15) is 0 Å². The lowest BCUT2D eigenvalue weighted by Crippen LogP contribution is -2.00. The van der Waals surface area contributed by atoms with Crippen LogP contribution in [-0.2, 0) is 10.1 Å². The Hall–Kier alpha value is -1.16. The van der Waals surface area contributed by atoms with Gasteiger partial charge in [-0.2, -0.15) is 13.7 Å². The third-order valence-electron chi connectivity index (χ3n) is 1.13. The van der Waals surface area contributed by atoms with Crippen LogP contribution in [0.1, 0.15) is 5.56 Å². The van der Waals surface area contributed by atoms with E-state index < -0.39 is 15.1 Å². The maximum atomic E-state index is 10.5. The minimum Gasteiger partial charge on any atom is -0.281 e. The molecule has 7 heteroatoms. The molecule has 1 aromatic rings. The number of nitriles is 1. The predicted molar refractivity (Wildman–Crippen MR) is 46.0 cm³/mol. The molecule has 1 N–H and O–H groups in total. The van der Waals surface area contributed by atoms with Gasteiger partial charge in [-0.25, -0.2) is 4.98 Å². The number of rotatable bonds is 1. The normalized spacial score (nSPS) is 9.85. The van der Waals surface area contributed by atoms with E-state index in [9.17, 15) is 8.42 Å². The third-order valence-corrected chi connectivity index (χ3v) is 1.88. The monoisotopic (exact) mass is 220 g/mol. The van der Waals surface area contributed by atoms with Crippen molar-refractivity contribution in [2.24, 2.45) is 0 Å². The fourth-order valence-corrected chi connectivity index (χ4v) is 1.09. The molecule has 0 aliphatic carbocycles. The van der Waals surface area contributed by atoms with E-state index in [2.05, 4.69) is 4.98 Å². The van der Waals surface area contributed by atoms with Crippen LogP contribution in [-0.4, -0.2) is 18.0 Å². The van der Waals surface area contributed by atoms with E-state index in [0.29, 0.717) is 0 Å². The lowest BCUT2D eigenvalue weighted by molar-refractivity contribution is 0.479. The van der Waals surface area contributed by atoms with Crippen molar-refractivity contribution in [3.63, 3.8) is 0 Å². The number of hydrogen-bond acceptors (Lipinski definition) is 4. The first-order chi connectivity index (χ1) is 5.54. The van der Waals surface area contributed by atoms with Gasteiger partial charge in [0.25, 0.3) is 0 Å². The highest BCUT2D eigenvalue weighted by molar-refractivity contribution is 7.85. The third kappa shape index (κ3) is 2.99. The Bertz CT molecular complexity index is 437. The van der Waals surface area contributed by atoms with Crippen molar-refractivity contribution >= 4 is 22.5 Å². The van der Waals surface area contributed by atoms with Crippen molar-refractivity contribution in [2.75, 3.05) is 0 Å². The van der Waals surface area contributed by atoms with Gasteiger partial charge in [0.2, 0.25) is 0 Å². The van der Waals surface area contributed by atoms with Crippen LogP contribution < -0.4 is 0 Å². The molecule has 5 nitrogen and oxygen atoms in total. The van der Waals surface area contributed by atoms with Crippen LogP contribution in [0.15, 0.2) is 23.4 Å². The van der Waals surface area contributed by atoms with Gasteiger partial charge >= 0.3 is 10.1 Å². The first-order valence-corrected chi connectivity index (χ1v) is 4.31. The molecule has 0 aromatic carbocycles. The summed E-state index contributed by atoms with van der Waals surface area (Å²) < 4.78 is 29.5. The minimum atomic E-state index is -4.30. The summed E-state index contributed by atoms with van der Waals surface area (Å²) in [5.74, 6) is 0.